The van der Waals surface area contributed by atoms with Crippen LogP contribution in [0, 0.1) is 6.92 Å². The first kappa shape index (κ1) is 21.0. The predicted octanol–water partition coefficient (Wildman–Crippen LogP) is 6.15. The van der Waals surface area contributed by atoms with Gasteiger partial charge in [0.25, 0.3) is 0 Å². The number of carbonyl (C=O) groups is 2. The van der Waals surface area contributed by atoms with Crippen LogP contribution in [0.2, 0.25) is 10.0 Å². The van der Waals surface area contributed by atoms with E-state index in [2.05, 4.69) is 0 Å². The minimum atomic E-state index is -0.584. The van der Waals surface area contributed by atoms with Gasteiger partial charge in [-0.2, -0.15) is 0 Å². The number of ether oxygens (including phenoxy) is 3. The molecule has 0 atom stereocenters. The Balaban J connectivity index is 1.65. The number of hydrogen-bond acceptors (Lipinski definition) is 5. The molecule has 3 aromatic rings. The van der Waals surface area contributed by atoms with Gasteiger partial charge < -0.3 is 14.2 Å². The van der Waals surface area contributed by atoms with E-state index >= 15 is 0 Å². The van der Waals surface area contributed by atoms with E-state index in [1.807, 2.05) is 0 Å². The number of rotatable bonds is 4. The van der Waals surface area contributed by atoms with Crippen molar-refractivity contribution in [2.24, 2.45) is 0 Å². The summed E-state index contributed by atoms with van der Waals surface area (Å²) in [6, 6.07) is 14.9. The molecule has 1 heterocycles. The normalized spacial score (nSPS) is 13.7. The average Bonchev–Trinajstić information content (AvgIpc) is 3.06. The van der Waals surface area contributed by atoms with Gasteiger partial charge in [-0.25, -0.2) is 4.79 Å². The minimum absolute atomic E-state index is 0.0845. The molecular weight excluding hydrogens is 439 g/mol. The second-order valence-electron chi connectivity index (χ2n) is 6.78. The molecule has 0 unspecified atom stereocenters. The number of fused-ring (bicyclic) bond motifs is 1. The number of ketones is 1. The Hall–Kier alpha value is -3.28. The lowest BCUT2D eigenvalue weighted by molar-refractivity contribution is 0.0731. The lowest BCUT2D eigenvalue weighted by Crippen LogP contribution is -2.10. The molecule has 0 spiro atoms. The first-order valence-electron chi connectivity index (χ1n) is 9.27. The maximum atomic E-state index is 12.9. The van der Waals surface area contributed by atoms with Gasteiger partial charge in [-0.15, -0.1) is 0 Å². The summed E-state index contributed by atoms with van der Waals surface area (Å²) in [5.74, 6) is 0.144. The first-order chi connectivity index (χ1) is 14.9. The fraction of sp³-hybridized carbons (Fsp3) is 0.0833. The van der Waals surface area contributed by atoms with Gasteiger partial charge in [0.05, 0.1) is 12.7 Å². The zero-order valence-electron chi connectivity index (χ0n) is 16.6. The molecule has 1 aliphatic rings. The standard InChI is InChI=1S/C24H16Cl2O5/c1-13-10-14(30-24(28)15-6-3-4-9-19(15)29-2)11-20-22(13)23(27)21(31-20)12-16-17(25)7-5-8-18(16)26/h3-12H,1-2H3/b21-12-. The summed E-state index contributed by atoms with van der Waals surface area (Å²) in [4.78, 5) is 25.5. The van der Waals surface area contributed by atoms with Crippen molar-refractivity contribution >= 4 is 41.0 Å². The van der Waals surface area contributed by atoms with Crippen molar-refractivity contribution < 1.29 is 23.8 Å². The molecule has 0 aliphatic carbocycles. The van der Waals surface area contributed by atoms with Crippen LogP contribution < -0.4 is 14.2 Å². The van der Waals surface area contributed by atoms with Gasteiger partial charge in [-0.05, 0) is 48.9 Å². The lowest BCUT2D eigenvalue weighted by Gasteiger charge is -2.10. The molecule has 0 N–H and O–H groups in total. The number of para-hydroxylation sites is 1. The van der Waals surface area contributed by atoms with E-state index in [4.69, 9.17) is 37.4 Å². The molecule has 7 heteroatoms. The SMILES string of the molecule is COc1ccccc1C(=O)Oc1cc(C)c2c(c1)O/C(=C\c1c(Cl)cccc1Cl)C2=O. The molecule has 0 bridgehead atoms. The third-order valence-electron chi connectivity index (χ3n) is 4.76. The number of halogens is 2. The molecule has 0 aromatic heterocycles. The molecular formula is C24H16Cl2O5. The zero-order chi connectivity index (χ0) is 22.1. The highest BCUT2D eigenvalue weighted by Crippen LogP contribution is 2.39. The second-order valence-corrected chi connectivity index (χ2v) is 7.59. The van der Waals surface area contributed by atoms with Crippen molar-refractivity contribution in [3.8, 4) is 17.2 Å². The Labute approximate surface area is 188 Å². The van der Waals surface area contributed by atoms with Crippen molar-refractivity contribution in [2.75, 3.05) is 7.11 Å². The molecule has 31 heavy (non-hydrogen) atoms. The second kappa shape index (κ2) is 8.46. The number of hydrogen-bond donors (Lipinski definition) is 0. The Bertz CT molecular complexity index is 1230. The fourth-order valence-corrected chi connectivity index (χ4v) is 3.80. The summed E-state index contributed by atoms with van der Waals surface area (Å²) >= 11 is 12.4. The van der Waals surface area contributed by atoms with Gasteiger partial charge in [-0.3, -0.25) is 4.79 Å². The van der Waals surface area contributed by atoms with Crippen LogP contribution in [0.25, 0.3) is 6.08 Å². The van der Waals surface area contributed by atoms with E-state index < -0.39 is 5.97 Å². The van der Waals surface area contributed by atoms with Gasteiger partial charge >= 0.3 is 5.97 Å². The monoisotopic (exact) mass is 454 g/mol. The van der Waals surface area contributed by atoms with Gasteiger partial charge in [0.15, 0.2) is 5.76 Å². The van der Waals surface area contributed by atoms with Gasteiger partial charge in [-0.1, -0.05) is 41.4 Å². The predicted molar refractivity (Wildman–Crippen MR) is 119 cm³/mol. The van der Waals surface area contributed by atoms with E-state index in [1.165, 1.54) is 19.3 Å². The zero-order valence-corrected chi connectivity index (χ0v) is 18.1. The third-order valence-corrected chi connectivity index (χ3v) is 5.42. The molecule has 5 nitrogen and oxygen atoms in total. The maximum Gasteiger partial charge on any atom is 0.347 e. The molecule has 0 amide bonds. The highest BCUT2D eigenvalue weighted by molar-refractivity contribution is 6.37. The smallest absolute Gasteiger partial charge is 0.347 e. The summed E-state index contributed by atoms with van der Waals surface area (Å²) in [7, 11) is 1.48. The molecule has 156 valence electrons. The van der Waals surface area contributed by atoms with Crippen LogP contribution in [0.5, 0.6) is 17.2 Å². The van der Waals surface area contributed by atoms with Crippen LogP contribution in [-0.4, -0.2) is 18.9 Å². The Kier molecular flexibility index (Phi) is 5.72. The van der Waals surface area contributed by atoms with Crippen LogP contribution in [-0.2, 0) is 0 Å². The van der Waals surface area contributed by atoms with Crippen LogP contribution in [0.15, 0.2) is 60.4 Å². The number of allylic oxidation sites excluding steroid dienone is 1. The fourth-order valence-electron chi connectivity index (χ4n) is 3.29. The molecule has 0 saturated heterocycles. The van der Waals surface area contributed by atoms with Gasteiger partial charge in [0, 0.05) is 21.7 Å². The Morgan fingerprint density at radius 3 is 2.45 bits per heavy atom. The molecule has 1 aliphatic heterocycles. The largest absolute Gasteiger partial charge is 0.496 e. The summed E-state index contributed by atoms with van der Waals surface area (Å²) in [5, 5.41) is 0.797. The average molecular weight is 455 g/mol. The Morgan fingerprint density at radius 1 is 1.03 bits per heavy atom. The Morgan fingerprint density at radius 2 is 1.74 bits per heavy atom. The van der Waals surface area contributed by atoms with E-state index in [-0.39, 0.29) is 22.9 Å². The van der Waals surface area contributed by atoms with Crippen molar-refractivity contribution in [1.29, 1.82) is 0 Å². The number of benzene rings is 3. The van der Waals surface area contributed by atoms with Crippen LogP contribution in [0.3, 0.4) is 0 Å². The molecule has 0 saturated carbocycles. The highest BCUT2D eigenvalue weighted by atomic mass is 35.5. The minimum Gasteiger partial charge on any atom is -0.496 e. The van der Waals surface area contributed by atoms with Crippen molar-refractivity contribution in [3.63, 3.8) is 0 Å². The first-order valence-corrected chi connectivity index (χ1v) is 10.0. The van der Waals surface area contributed by atoms with Crippen LogP contribution in [0.4, 0.5) is 0 Å². The molecule has 3 aromatic carbocycles. The summed E-state index contributed by atoms with van der Waals surface area (Å²) in [5.41, 5.74) is 1.78. The van der Waals surface area contributed by atoms with Gasteiger partial charge in [0.1, 0.15) is 22.8 Å². The van der Waals surface area contributed by atoms with Crippen LogP contribution >= 0.6 is 23.2 Å². The summed E-state index contributed by atoms with van der Waals surface area (Å²) < 4.78 is 16.5. The number of esters is 1. The van der Waals surface area contributed by atoms with E-state index in [0.29, 0.717) is 38.2 Å². The maximum absolute atomic E-state index is 12.9. The van der Waals surface area contributed by atoms with Gasteiger partial charge in [0.2, 0.25) is 5.78 Å². The lowest BCUT2D eigenvalue weighted by atomic mass is 10.0. The summed E-state index contributed by atoms with van der Waals surface area (Å²) in [6.45, 7) is 1.74. The molecule has 4 rings (SSSR count). The van der Waals surface area contributed by atoms with E-state index in [0.717, 1.165) is 0 Å². The topological polar surface area (TPSA) is 61.8 Å². The number of carbonyl (C=O) groups excluding carboxylic acids is 2. The number of methoxy groups -OCH3 is 1. The third kappa shape index (κ3) is 4.02. The molecule has 0 fully saturated rings. The molecule has 0 radical (unpaired) electrons. The number of Topliss-reactive ketones (excluding diaryl/α,β-unsaturated/α-hetero) is 1. The van der Waals surface area contributed by atoms with E-state index in [1.54, 1.807) is 55.5 Å². The van der Waals surface area contributed by atoms with Crippen molar-refractivity contribution in [3.05, 3.63) is 92.7 Å². The quantitative estimate of drug-likeness (QED) is 0.269. The number of aryl methyl sites for hydroxylation is 1. The highest BCUT2D eigenvalue weighted by Gasteiger charge is 2.31. The van der Waals surface area contributed by atoms with Crippen LogP contribution in [0.1, 0.15) is 31.8 Å². The van der Waals surface area contributed by atoms with E-state index in [9.17, 15) is 9.59 Å². The van der Waals surface area contributed by atoms with Crippen molar-refractivity contribution in [2.45, 2.75) is 6.92 Å². The van der Waals surface area contributed by atoms with Crippen molar-refractivity contribution in [1.82, 2.24) is 0 Å². The summed E-state index contributed by atoms with van der Waals surface area (Å²) in [6.07, 6.45) is 1.51.